The van der Waals surface area contributed by atoms with Crippen LogP contribution in [0.3, 0.4) is 0 Å². The molecule has 2 rings (SSSR count). The van der Waals surface area contributed by atoms with Gasteiger partial charge in [-0.25, -0.2) is 8.78 Å². The zero-order valence-corrected chi connectivity index (χ0v) is 10.7. The quantitative estimate of drug-likeness (QED) is 0.701. The minimum absolute atomic E-state index is 0.0407. The summed E-state index contributed by atoms with van der Waals surface area (Å²) in [7, 11) is 0. The molecule has 1 atom stereocenters. The Morgan fingerprint density at radius 2 is 1.67 bits per heavy atom. The van der Waals surface area contributed by atoms with Crippen LogP contribution in [-0.4, -0.2) is 0 Å². The third kappa shape index (κ3) is 2.88. The SMILES string of the molecule is Cc1cccc(C(Cl)Cc2c(F)cccc2F)c1. The first-order chi connectivity index (χ1) is 8.58. The van der Waals surface area contributed by atoms with Crippen LogP contribution in [0.15, 0.2) is 42.5 Å². The summed E-state index contributed by atoms with van der Waals surface area (Å²) in [5.74, 6) is -1.10. The first-order valence-electron chi connectivity index (χ1n) is 5.71. The van der Waals surface area contributed by atoms with E-state index in [9.17, 15) is 8.78 Å². The molecule has 0 aliphatic heterocycles. The second-order valence-electron chi connectivity index (χ2n) is 4.29. The van der Waals surface area contributed by atoms with Crippen molar-refractivity contribution in [2.24, 2.45) is 0 Å². The molecule has 1 unspecified atom stereocenters. The number of aryl methyl sites for hydroxylation is 1. The summed E-state index contributed by atoms with van der Waals surface area (Å²) in [5.41, 5.74) is 1.99. The van der Waals surface area contributed by atoms with Crippen LogP contribution >= 0.6 is 11.6 Å². The number of rotatable bonds is 3. The van der Waals surface area contributed by atoms with Crippen LogP contribution in [0, 0.1) is 18.6 Å². The highest BCUT2D eigenvalue weighted by molar-refractivity contribution is 6.20. The van der Waals surface area contributed by atoms with Crippen LogP contribution in [-0.2, 0) is 6.42 Å². The van der Waals surface area contributed by atoms with Crippen molar-refractivity contribution in [3.63, 3.8) is 0 Å². The van der Waals surface area contributed by atoms with Gasteiger partial charge < -0.3 is 0 Å². The third-order valence-electron chi connectivity index (χ3n) is 2.85. The van der Waals surface area contributed by atoms with Gasteiger partial charge in [0.1, 0.15) is 11.6 Å². The Hall–Kier alpha value is -1.41. The van der Waals surface area contributed by atoms with Gasteiger partial charge in [0.25, 0.3) is 0 Å². The van der Waals surface area contributed by atoms with Crippen LogP contribution in [0.4, 0.5) is 8.78 Å². The molecule has 0 heterocycles. The van der Waals surface area contributed by atoms with E-state index in [1.807, 2.05) is 31.2 Å². The number of hydrogen-bond acceptors (Lipinski definition) is 0. The predicted octanol–water partition coefficient (Wildman–Crippen LogP) is 4.80. The lowest BCUT2D eigenvalue weighted by atomic mass is 10.0. The van der Waals surface area contributed by atoms with Gasteiger partial charge in [0, 0.05) is 5.56 Å². The summed E-state index contributed by atoms with van der Waals surface area (Å²) < 4.78 is 27.0. The molecule has 0 radical (unpaired) electrons. The first-order valence-corrected chi connectivity index (χ1v) is 6.15. The van der Waals surface area contributed by atoms with Gasteiger partial charge >= 0.3 is 0 Å². The van der Waals surface area contributed by atoms with E-state index in [1.165, 1.54) is 18.2 Å². The molecule has 0 aliphatic rings. The molecule has 94 valence electrons. The topological polar surface area (TPSA) is 0 Å². The van der Waals surface area contributed by atoms with Crippen LogP contribution < -0.4 is 0 Å². The molecule has 0 aromatic heterocycles. The highest BCUT2D eigenvalue weighted by atomic mass is 35.5. The van der Waals surface area contributed by atoms with E-state index >= 15 is 0 Å². The molecule has 0 saturated heterocycles. The van der Waals surface area contributed by atoms with Gasteiger partial charge in [0.2, 0.25) is 0 Å². The average molecular weight is 267 g/mol. The molecule has 0 saturated carbocycles. The molecular weight excluding hydrogens is 254 g/mol. The zero-order chi connectivity index (χ0) is 13.1. The minimum atomic E-state index is -0.548. The van der Waals surface area contributed by atoms with E-state index in [4.69, 9.17) is 11.6 Å². The van der Waals surface area contributed by atoms with Gasteiger partial charge in [0.05, 0.1) is 5.38 Å². The molecule has 0 N–H and O–H groups in total. The summed E-state index contributed by atoms with van der Waals surface area (Å²) in [4.78, 5) is 0. The van der Waals surface area contributed by atoms with Gasteiger partial charge in [-0.05, 0) is 31.0 Å². The van der Waals surface area contributed by atoms with E-state index in [2.05, 4.69) is 0 Å². The summed E-state index contributed by atoms with van der Waals surface area (Å²) in [6.45, 7) is 1.96. The lowest BCUT2D eigenvalue weighted by Crippen LogP contribution is -2.01. The maximum Gasteiger partial charge on any atom is 0.129 e. The molecule has 0 spiro atoms. The third-order valence-corrected chi connectivity index (χ3v) is 3.26. The maximum absolute atomic E-state index is 13.5. The predicted molar refractivity (Wildman–Crippen MR) is 69.8 cm³/mol. The van der Waals surface area contributed by atoms with Crippen LogP contribution in [0.5, 0.6) is 0 Å². The lowest BCUT2D eigenvalue weighted by Gasteiger charge is -2.12. The number of alkyl halides is 1. The van der Waals surface area contributed by atoms with Gasteiger partial charge in [-0.3, -0.25) is 0 Å². The molecule has 0 fully saturated rings. The molecule has 0 bridgehead atoms. The average Bonchev–Trinajstić information content (AvgIpc) is 2.34. The van der Waals surface area contributed by atoms with Crippen molar-refractivity contribution < 1.29 is 8.78 Å². The standard InChI is InChI=1S/C15H13ClF2/c1-10-4-2-5-11(8-10)13(16)9-12-14(17)6-3-7-15(12)18/h2-8,13H,9H2,1H3. The second kappa shape index (κ2) is 5.49. The van der Waals surface area contributed by atoms with Gasteiger partial charge in [-0.2, -0.15) is 0 Å². The van der Waals surface area contributed by atoms with Crippen molar-refractivity contribution >= 4 is 11.6 Å². The Morgan fingerprint density at radius 3 is 2.28 bits per heavy atom. The summed E-state index contributed by atoms with van der Waals surface area (Å²) >= 11 is 6.22. The lowest BCUT2D eigenvalue weighted by molar-refractivity contribution is 0.553. The van der Waals surface area contributed by atoms with Crippen molar-refractivity contribution in [2.45, 2.75) is 18.7 Å². The molecule has 2 aromatic rings. The minimum Gasteiger partial charge on any atom is -0.207 e. The van der Waals surface area contributed by atoms with Crippen molar-refractivity contribution in [2.75, 3.05) is 0 Å². The largest absolute Gasteiger partial charge is 0.207 e. The van der Waals surface area contributed by atoms with Gasteiger partial charge in [0.15, 0.2) is 0 Å². The van der Waals surface area contributed by atoms with E-state index < -0.39 is 17.0 Å². The fourth-order valence-electron chi connectivity index (χ4n) is 1.89. The van der Waals surface area contributed by atoms with Crippen LogP contribution in [0.1, 0.15) is 22.1 Å². The first kappa shape index (κ1) is 13.0. The number of hydrogen-bond donors (Lipinski definition) is 0. The highest BCUT2D eigenvalue weighted by Gasteiger charge is 2.15. The molecule has 3 heteroatoms. The van der Waals surface area contributed by atoms with Crippen molar-refractivity contribution in [3.05, 3.63) is 70.8 Å². The maximum atomic E-state index is 13.5. The summed E-state index contributed by atoms with van der Waals surface area (Å²) in [6.07, 6.45) is 0.142. The van der Waals surface area contributed by atoms with E-state index in [0.717, 1.165) is 11.1 Å². The Morgan fingerprint density at radius 1 is 1.06 bits per heavy atom. The summed E-state index contributed by atoms with van der Waals surface area (Å²) in [6, 6.07) is 11.5. The van der Waals surface area contributed by atoms with Crippen molar-refractivity contribution in [3.8, 4) is 0 Å². The number of halogens is 3. The Kier molecular flexibility index (Phi) is 3.97. The normalized spacial score (nSPS) is 12.4. The van der Waals surface area contributed by atoms with E-state index in [-0.39, 0.29) is 12.0 Å². The molecule has 18 heavy (non-hydrogen) atoms. The smallest absolute Gasteiger partial charge is 0.129 e. The van der Waals surface area contributed by atoms with E-state index in [0.29, 0.717) is 0 Å². The van der Waals surface area contributed by atoms with Crippen LogP contribution in [0.2, 0.25) is 0 Å². The molecule has 0 amide bonds. The van der Waals surface area contributed by atoms with E-state index in [1.54, 1.807) is 0 Å². The summed E-state index contributed by atoms with van der Waals surface area (Å²) in [5, 5.41) is -0.434. The fraction of sp³-hybridized carbons (Fsp3) is 0.200. The molecular formula is C15H13ClF2. The monoisotopic (exact) mass is 266 g/mol. The second-order valence-corrected chi connectivity index (χ2v) is 4.81. The Balaban J connectivity index is 2.24. The molecule has 2 aromatic carbocycles. The number of benzene rings is 2. The Labute approximate surface area is 110 Å². The van der Waals surface area contributed by atoms with Crippen molar-refractivity contribution in [1.82, 2.24) is 0 Å². The van der Waals surface area contributed by atoms with Gasteiger partial charge in [-0.1, -0.05) is 35.9 Å². The fourth-order valence-corrected chi connectivity index (χ4v) is 2.18. The van der Waals surface area contributed by atoms with Crippen molar-refractivity contribution in [1.29, 1.82) is 0 Å². The highest BCUT2D eigenvalue weighted by Crippen LogP contribution is 2.27. The molecule has 0 aliphatic carbocycles. The Bertz CT molecular complexity index is 532. The molecule has 0 nitrogen and oxygen atoms in total. The van der Waals surface area contributed by atoms with Gasteiger partial charge in [-0.15, -0.1) is 11.6 Å². The van der Waals surface area contributed by atoms with Crippen LogP contribution in [0.25, 0.3) is 0 Å². The zero-order valence-electron chi connectivity index (χ0n) is 9.96.